The molecule has 0 aliphatic carbocycles. The standard InChI is InChI=1S/C11H24N2O3/c1-14-7-4-13(5-8-15-2)10-11-9-12-3-6-16-11/h11-12H,3-10H2,1-2H3. The van der Waals surface area contributed by atoms with Gasteiger partial charge in [-0.3, -0.25) is 4.90 Å². The van der Waals surface area contributed by atoms with E-state index < -0.39 is 0 Å². The summed E-state index contributed by atoms with van der Waals surface area (Å²) in [7, 11) is 3.46. The van der Waals surface area contributed by atoms with Gasteiger partial charge in [-0.15, -0.1) is 0 Å². The minimum atomic E-state index is 0.294. The van der Waals surface area contributed by atoms with E-state index in [1.165, 1.54) is 0 Å². The summed E-state index contributed by atoms with van der Waals surface area (Å²) >= 11 is 0. The number of methoxy groups -OCH3 is 2. The molecule has 0 radical (unpaired) electrons. The van der Waals surface area contributed by atoms with E-state index in [4.69, 9.17) is 14.2 Å². The molecular formula is C11H24N2O3. The molecule has 0 spiro atoms. The van der Waals surface area contributed by atoms with Gasteiger partial charge in [0.1, 0.15) is 0 Å². The summed E-state index contributed by atoms with van der Waals surface area (Å²) in [6.07, 6.45) is 0.294. The molecule has 0 aromatic carbocycles. The lowest BCUT2D eigenvalue weighted by Crippen LogP contribution is -2.46. The first-order valence-corrected chi connectivity index (χ1v) is 5.89. The van der Waals surface area contributed by atoms with Crippen molar-refractivity contribution in [3.8, 4) is 0 Å². The van der Waals surface area contributed by atoms with Crippen LogP contribution in [0.3, 0.4) is 0 Å². The van der Waals surface area contributed by atoms with Gasteiger partial charge in [-0.1, -0.05) is 0 Å². The molecule has 1 N–H and O–H groups in total. The Morgan fingerprint density at radius 3 is 2.44 bits per heavy atom. The van der Waals surface area contributed by atoms with Gasteiger partial charge in [-0.05, 0) is 0 Å². The van der Waals surface area contributed by atoms with Gasteiger partial charge in [-0.2, -0.15) is 0 Å². The van der Waals surface area contributed by atoms with E-state index in [2.05, 4.69) is 10.2 Å². The van der Waals surface area contributed by atoms with Crippen molar-refractivity contribution in [1.29, 1.82) is 0 Å². The Morgan fingerprint density at radius 2 is 1.94 bits per heavy atom. The molecule has 0 amide bonds. The van der Waals surface area contributed by atoms with Crippen LogP contribution in [0.25, 0.3) is 0 Å². The molecular weight excluding hydrogens is 208 g/mol. The highest BCUT2D eigenvalue weighted by molar-refractivity contribution is 4.72. The molecule has 1 heterocycles. The molecule has 1 saturated heterocycles. The molecule has 0 aromatic heterocycles. The van der Waals surface area contributed by atoms with E-state index in [0.29, 0.717) is 6.10 Å². The van der Waals surface area contributed by atoms with Crippen molar-refractivity contribution >= 4 is 0 Å². The number of ether oxygens (including phenoxy) is 3. The summed E-state index contributed by atoms with van der Waals surface area (Å²) in [4.78, 5) is 2.32. The average molecular weight is 232 g/mol. The molecule has 1 unspecified atom stereocenters. The average Bonchev–Trinajstić information content (AvgIpc) is 2.34. The Hall–Kier alpha value is -0.200. The third-order valence-corrected chi connectivity index (χ3v) is 2.69. The predicted octanol–water partition coefficient (Wildman–Crippen LogP) is -0.430. The second kappa shape index (κ2) is 8.90. The van der Waals surface area contributed by atoms with Gasteiger partial charge in [0.2, 0.25) is 0 Å². The van der Waals surface area contributed by atoms with Crippen LogP contribution in [0.4, 0.5) is 0 Å². The Bertz CT molecular complexity index is 155. The summed E-state index contributed by atoms with van der Waals surface area (Å²) in [6, 6.07) is 0. The zero-order valence-electron chi connectivity index (χ0n) is 10.4. The highest BCUT2D eigenvalue weighted by Crippen LogP contribution is 2.00. The Morgan fingerprint density at radius 1 is 1.25 bits per heavy atom. The monoisotopic (exact) mass is 232 g/mol. The third-order valence-electron chi connectivity index (χ3n) is 2.69. The van der Waals surface area contributed by atoms with Crippen molar-refractivity contribution in [1.82, 2.24) is 10.2 Å². The number of morpholine rings is 1. The number of hydrogen-bond donors (Lipinski definition) is 1. The normalized spacial score (nSPS) is 21.6. The largest absolute Gasteiger partial charge is 0.383 e. The fourth-order valence-corrected chi connectivity index (χ4v) is 1.76. The SMILES string of the molecule is COCCN(CCOC)CC1CNCCO1. The van der Waals surface area contributed by atoms with Gasteiger partial charge in [0.25, 0.3) is 0 Å². The fourth-order valence-electron chi connectivity index (χ4n) is 1.76. The van der Waals surface area contributed by atoms with Crippen LogP contribution < -0.4 is 5.32 Å². The molecule has 0 bridgehead atoms. The van der Waals surface area contributed by atoms with Crippen molar-refractivity contribution in [2.75, 3.05) is 66.8 Å². The van der Waals surface area contributed by atoms with Gasteiger partial charge in [0, 0.05) is 46.9 Å². The summed E-state index contributed by atoms with van der Waals surface area (Å²) in [6.45, 7) is 7.03. The Kier molecular flexibility index (Phi) is 7.71. The maximum absolute atomic E-state index is 5.68. The smallest absolute Gasteiger partial charge is 0.0826 e. The van der Waals surface area contributed by atoms with Crippen LogP contribution in [0.15, 0.2) is 0 Å². The topological polar surface area (TPSA) is 43.0 Å². The molecule has 0 saturated carbocycles. The first-order valence-electron chi connectivity index (χ1n) is 5.89. The van der Waals surface area contributed by atoms with Gasteiger partial charge >= 0.3 is 0 Å². The molecule has 5 nitrogen and oxygen atoms in total. The number of hydrogen-bond acceptors (Lipinski definition) is 5. The van der Waals surface area contributed by atoms with Gasteiger partial charge in [0.15, 0.2) is 0 Å². The van der Waals surface area contributed by atoms with Gasteiger partial charge < -0.3 is 19.5 Å². The molecule has 16 heavy (non-hydrogen) atoms. The molecule has 0 aromatic rings. The van der Waals surface area contributed by atoms with E-state index in [-0.39, 0.29) is 0 Å². The van der Waals surface area contributed by atoms with Crippen molar-refractivity contribution in [2.24, 2.45) is 0 Å². The summed E-state index contributed by atoms with van der Waals surface area (Å²) in [5, 5.41) is 3.34. The minimum absolute atomic E-state index is 0.294. The van der Waals surface area contributed by atoms with E-state index in [1.807, 2.05) is 0 Å². The highest BCUT2D eigenvalue weighted by atomic mass is 16.5. The van der Waals surface area contributed by atoms with Crippen LogP contribution >= 0.6 is 0 Å². The first kappa shape index (κ1) is 13.9. The van der Waals surface area contributed by atoms with Gasteiger partial charge in [0.05, 0.1) is 25.9 Å². The second-order valence-electron chi connectivity index (χ2n) is 3.98. The first-order chi connectivity index (χ1) is 7.86. The quantitative estimate of drug-likeness (QED) is 0.615. The van der Waals surface area contributed by atoms with Gasteiger partial charge in [-0.25, -0.2) is 0 Å². The molecule has 1 aliphatic rings. The number of rotatable bonds is 8. The van der Waals surface area contributed by atoms with E-state index in [9.17, 15) is 0 Å². The minimum Gasteiger partial charge on any atom is -0.383 e. The Labute approximate surface area is 98.0 Å². The van der Waals surface area contributed by atoms with Crippen LogP contribution in [0.5, 0.6) is 0 Å². The zero-order chi connectivity index (χ0) is 11.6. The van der Waals surface area contributed by atoms with Crippen molar-refractivity contribution in [3.05, 3.63) is 0 Å². The summed E-state index contributed by atoms with van der Waals surface area (Å²) in [5.74, 6) is 0. The van der Waals surface area contributed by atoms with Crippen LogP contribution in [-0.4, -0.2) is 77.8 Å². The maximum atomic E-state index is 5.68. The zero-order valence-corrected chi connectivity index (χ0v) is 10.4. The highest BCUT2D eigenvalue weighted by Gasteiger charge is 2.17. The van der Waals surface area contributed by atoms with Crippen molar-refractivity contribution in [3.63, 3.8) is 0 Å². The molecule has 1 aliphatic heterocycles. The number of nitrogens with one attached hydrogen (secondary N) is 1. The third kappa shape index (κ3) is 5.77. The van der Waals surface area contributed by atoms with Crippen molar-refractivity contribution < 1.29 is 14.2 Å². The fraction of sp³-hybridized carbons (Fsp3) is 1.00. The lowest BCUT2D eigenvalue weighted by molar-refractivity contribution is -0.00281. The van der Waals surface area contributed by atoms with Crippen LogP contribution in [0, 0.1) is 0 Å². The number of nitrogens with zero attached hydrogens (tertiary/aromatic N) is 1. The molecule has 5 heteroatoms. The van der Waals surface area contributed by atoms with E-state index >= 15 is 0 Å². The van der Waals surface area contributed by atoms with Crippen LogP contribution in [-0.2, 0) is 14.2 Å². The predicted molar refractivity (Wildman–Crippen MR) is 62.8 cm³/mol. The summed E-state index contributed by atoms with van der Waals surface area (Å²) < 4.78 is 15.9. The second-order valence-corrected chi connectivity index (χ2v) is 3.98. The maximum Gasteiger partial charge on any atom is 0.0826 e. The van der Waals surface area contributed by atoms with Crippen LogP contribution in [0.1, 0.15) is 0 Å². The van der Waals surface area contributed by atoms with E-state index in [0.717, 1.165) is 52.5 Å². The Balaban J connectivity index is 2.23. The molecule has 1 fully saturated rings. The van der Waals surface area contributed by atoms with Crippen molar-refractivity contribution in [2.45, 2.75) is 6.10 Å². The summed E-state index contributed by atoms with van der Waals surface area (Å²) in [5.41, 5.74) is 0. The molecule has 1 rings (SSSR count). The van der Waals surface area contributed by atoms with Crippen LogP contribution in [0.2, 0.25) is 0 Å². The molecule has 96 valence electrons. The van der Waals surface area contributed by atoms with E-state index in [1.54, 1.807) is 14.2 Å². The lowest BCUT2D eigenvalue weighted by atomic mass is 10.3. The molecule has 1 atom stereocenters. The lowest BCUT2D eigenvalue weighted by Gasteiger charge is -2.30.